The van der Waals surface area contributed by atoms with Crippen molar-refractivity contribution in [3.8, 4) is 5.75 Å². The number of benzene rings is 2. The molecule has 2 aromatic carbocycles. The van der Waals surface area contributed by atoms with Crippen LogP contribution in [0.4, 0.5) is 5.69 Å². The van der Waals surface area contributed by atoms with Crippen LogP contribution in [0.25, 0.3) is 0 Å². The monoisotopic (exact) mass is 327 g/mol. The van der Waals surface area contributed by atoms with Gasteiger partial charge in [0.15, 0.2) is 6.61 Å². The lowest BCUT2D eigenvalue weighted by molar-refractivity contribution is -0.119. The predicted octanol–water partition coefficient (Wildman–Crippen LogP) is 3.50. The van der Waals surface area contributed by atoms with Crippen molar-refractivity contribution in [2.24, 2.45) is 0 Å². The molecule has 0 atom stereocenters. The van der Waals surface area contributed by atoms with E-state index in [1.165, 1.54) is 0 Å². The van der Waals surface area contributed by atoms with Crippen LogP contribution in [0, 0.1) is 13.8 Å². The van der Waals surface area contributed by atoms with Gasteiger partial charge in [-0.05, 0) is 62.2 Å². The number of amides is 1. The molecule has 0 aliphatic rings. The van der Waals surface area contributed by atoms with Gasteiger partial charge in [-0.15, -0.1) is 0 Å². The third-order valence-electron chi connectivity index (χ3n) is 3.40. The molecule has 0 spiro atoms. The molecular formula is C19H21NO4. The number of hydrogen-bond acceptors (Lipinski definition) is 4. The number of carbonyl (C=O) groups is 2. The maximum Gasteiger partial charge on any atom is 0.338 e. The van der Waals surface area contributed by atoms with E-state index in [-0.39, 0.29) is 12.5 Å². The van der Waals surface area contributed by atoms with Crippen molar-refractivity contribution in [2.75, 3.05) is 18.5 Å². The lowest BCUT2D eigenvalue weighted by Gasteiger charge is -2.10. The minimum absolute atomic E-state index is 0.334. The van der Waals surface area contributed by atoms with Crippen molar-refractivity contribution < 1.29 is 19.1 Å². The first-order chi connectivity index (χ1) is 11.5. The van der Waals surface area contributed by atoms with Crippen molar-refractivity contribution in [3.05, 3.63) is 59.2 Å². The number of aryl methyl sites for hydroxylation is 2. The van der Waals surface area contributed by atoms with Gasteiger partial charge >= 0.3 is 5.97 Å². The number of nitrogens with one attached hydrogen (secondary N) is 1. The molecule has 1 amide bonds. The second-order valence-electron chi connectivity index (χ2n) is 5.40. The van der Waals surface area contributed by atoms with Crippen LogP contribution in [0.2, 0.25) is 0 Å². The summed E-state index contributed by atoms with van der Waals surface area (Å²) in [6.07, 6.45) is 0. The molecule has 0 aliphatic heterocycles. The van der Waals surface area contributed by atoms with Gasteiger partial charge in [0.1, 0.15) is 5.75 Å². The van der Waals surface area contributed by atoms with Gasteiger partial charge in [0.05, 0.1) is 12.2 Å². The molecular weight excluding hydrogens is 306 g/mol. The summed E-state index contributed by atoms with van der Waals surface area (Å²) in [6.45, 7) is 5.96. The number of hydrogen-bond donors (Lipinski definition) is 1. The van der Waals surface area contributed by atoms with Crippen LogP contribution in [0.5, 0.6) is 5.75 Å². The summed E-state index contributed by atoms with van der Waals surface area (Å²) in [5.41, 5.74) is 3.09. The SMILES string of the molecule is CCOc1ccc(C(=O)OCC(=O)Nc2cc(C)ccc2C)cc1. The highest BCUT2D eigenvalue weighted by atomic mass is 16.5. The van der Waals surface area contributed by atoms with Gasteiger partial charge in [-0.25, -0.2) is 4.79 Å². The fourth-order valence-corrected chi connectivity index (χ4v) is 2.13. The van der Waals surface area contributed by atoms with E-state index in [0.29, 0.717) is 17.9 Å². The molecule has 5 nitrogen and oxygen atoms in total. The third-order valence-corrected chi connectivity index (χ3v) is 3.40. The predicted molar refractivity (Wildman–Crippen MR) is 92.4 cm³/mol. The molecule has 0 bridgehead atoms. The third kappa shape index (κ3) is 4.84. The molecule has 2 rings (SSSR count). The molecule has 0 saturated heterocycles. The number of carbonyl (C=O) groups excluding carboxylic acids is 2. The molecule has 0 saturated carbocycles. The van der Waals surface area contributed by atoms with Crippen LogP contribution in [0.15, 0.2) is 42.5 Å². The lowest BCUT2D eigenvalue weighted by atomic mass is 10.1. The van der Waals surface area contributed by atoms with Crippen molar-refractivity contribution >= 4 is 17.6 Å². The maximum absolute atomic E-state index is 11.9. The van der Waals surface area contributed by atoms with Gasteiger partial charge in [0.25, 0.3) is 5.91 Å². The van der Waals surface area contributed by atoms with Crippen LogP contribution >= 0.6 is 0 Å². The molecule has 5 heteroatoms. The van der Waals surface area contributed by atoms with E-state index in [1.807, 2.05) is 39.0 Å². The second kappa shape index (κ2) is 8.15. The zero-order valence-corrected chi connectivity index (χ0v) is 14.1. The van der Waals surface area contributed by atoms with E-state index in [1.54, 1.807) is 24.3 Å². The van der Waals surface area contributed by atoms with Crippen LogP contribution in [-0.2, 0) is 9.53 Å². The van der Waals surface area contributed by atoms with E-state index >= 15 is 0 Å². The molecule has 0 heterocycles. The summed E-state index contributed by atoms with van der Waals surface area (Å²) in [4.78, 5) is 23.9. The smallest absolute Gasteiger partial charge is 0.338 e. The Bertz CT molecular complexity index is 723. The van der Waals surface area contributed by atoms with Crippen LogP contribution in [-0.4, -0.2) is 25.1 Å². The number of esters is 1. The molecule has 0 radical (unpaired) electrons. The van der Waals surface area contributed by atoms with Gasteiger partial charge in [0.2, 0.25) is 0 Å². The Balaban J connectivity index is 1.88. The summed E-state index contributed by atoms with van der Waals surface area (Å²) in [5.74, 6) is -0.237. The fraction of sp³-hybridized carbons (Fsp3) is 0.263. The molecule has 0 fully saturated rings. The molecule has 2 aromatic rings. The van der Waals surface area contributed by atoms with E-state index < -0.39 is 5.97 Å². The maximum atomic E-state index is 11.9. The number of rotatable bonds is 6. The molecule has 0 aliphatic carbocycles. The number of ether oxygens (including phenoxy) is 2. The summed E-state index contributed by atoms with van der Waals surface area (Å²) in [5, 5.41) is 2.75. The molecule has 126 valence electrons. The zero-order chi connectivity index (χ0) is 17.5. The quantitative estimate of drug-likeness (QED) is 0.825. The van der Waals surface area contributed by atoms with Gasteiger partial charge in [-0.3, -0.25) is 4.79 Å². The zero-order valence-electron chi connectivity index (χ0n) is 14.1. The summed E-state index contributed by atoms with van der Waals surface area (Å²) in [6, 6.07) is 12.4. The molecule has 0 aromatic heterocycles. The van der Waals surface area contributed by atoms with Crippen LogP contribution < -0.4 is 10.1 Å². The normalized spacial score (nSPS) is 10.1. The molecule has 1 N–H and O–H groups in total. The summed E-state index contributed by atoms with van der Waals surface area (Å²) < 4.78 is 10.3. The Hall–Kier alpha value is -2.82. The van der Waals surface area contributed by atoms with Gasteiger partial charge in [0, 0.05) is 5.69 Å². The van der Waals surface area contributed by atoms with Crippen LogP contribution in [0.1, 0.15) is 28.4 Å². The average molecular weight is 327 g/mol. The molecule has 0 unspecified atom stereocenters. The number of anilines is 1. The van der Waals surface area contributed by atoms with Crippen molar-refractivity contribution in [1.29, 1.82) is 0 Å². The highest BCUT2D eigenvalue weighted by Crippen LogP contribution is 2.16. The van der Waals surface area contributed by atoms with E-state index in [2.05, 4.69) is 5.32 Å². The Morgan fingerprint density at radius 1 is 1.04 bits per heavy atom. The van der Waals surface area contributed by atoms with Gasteiger partial charge in [-0.2, -0.15) is 0 Å². The standard InChI is InChI=1S/C19H21NO4/c1-4-23-16-9-7-15(8-10-16)19(22)24-12-18(21)20-17-11-13(2)5-6-14(17)3/h5-11H,4,12H2,1-3H3,(H,20,21). The largest absolute Gasteiger partial charge is 0.494 e. The Labute approximate surface area is 141 Å². The second-order valence-corrected chi connectivity index (χ2v) is 5.40. The van der Waals surface area contributed by atoms with Crippen molar-refractivity contribution in [3.63, 3.8) is 0 Å². The summed E-state index contributed by atoms with van der Waals surface area (Å²) in [7, 11) is 0. The minimum atomic E-state index is -0.547. The first-order valence-electron chi connectivity index (χ1n) is 7.76. The Morgan fingerprint density at radius 2 is 1.75 bits per heavy atom. The fourth-order valence-electron chi connectivity index (χ4n) is 2.13. The van der Waals surface area contributed by atoms with Crippen LogP contribution in [0.3, 0.4) is 0 Å². The average Bonchev–Trinajstić information content (AvgIpc) is 2.57. The molecule has 24 heavy (non-hydrogen) atoms. The van der Waals surface area contributed by atoms with Crippen molar-refractivity contribution in [1.82, 2.24) is 0 Å². The highest BCUT2D eigenvalue weighted by Gasteiger charge is 2.11. The first kappa shape index (κ1) is 17.5. The first-order valence-corrected chi connectivity index (χ1v) is 7.76. The van der Waals surface area contributed by atoms with Gasteiger partial charge < -0.3 is 14.8 Å². The van der Waals surface area contributed by atoms with E-state index in [9.17, 15) is 9.59 Å². The Morgan fingerprint density at radius 3 is 2.42 bits per heavy atom. The minimum Gasteiger partial charge on any atom is -0.494 e. The topological polar surface area (TPSA) is 64.6 Å². The summed E-state index contributed by atoms with van der Waals surface area (Å²) >= 11 is 0. The lowest BCUT2D eigenvalue weighted by Crippen LogP contribution is -2.21. The van der Waals surface area contributed by atoms with Crippen molar-refractivity contribution in [2.45, 2.75) is 20.8 Å². The van der Waals surface area contributed by atoms with E-state index in [4.69, 9.17) is 9.47 Å². The Kier molecular flexibility index (Phi) is 5.95. The highest BCUT2D eigenvalue weighted by molar-refractivity contribution is 5.96. The van der Waals surface area contributed by atoms with E-state index in [0.717, 1.165) is 16.8 Å². The van der Waals surface area contributed by atoms with Gasteiger partial charge in [-0.1, -0.05) is 12.1 Å².